The summed E-state index contributed by atoms with van der Waals surface area (Å²) in [5.74, 6) is -1.37. The fourth-order valence-electron chi connectivity index (χ4n) is 2.64. The molecule has 0 spiro atoms. The van der Waals surface area contributed by atoms with Gasteiger partial charge in [0.05, 0.1) is 17.7 Å². The van der Waals surface area contributed by atoms with Gasteiger partial charge in [0.2, 0.25) is 5.91 Å². The minimum atomic E-state index is -4.46. The zero-order valence-electron chi connectivity index (χ0n) is 15.0. The highest BCUT2D eigenvalue weighted by atomic mass is 32.1. The molecular weight excluding hydrogens is 411 g/mol. The Hall–Kier alpha value is -2.95. The van der Waals surface area contributed by atoms with Crippen molar-refractivity contribution in [3.63, 3.8) is 0 Å². The lowest BCUT2D eigenvalue weighted by Gasteiger charge is -2.10. The number of aromatic nitrogens is 1. The number of benzene rings is 1. The molecule has 2 heterocycles. The molecule has 1 aliphatic heterocycles. The third kappa shape index (κ3) is 5.53. The lowest BCUT2D eigenvalue weighted by molar-refractivity contribution is -0.146. The molecule has 11 heteroatoms. The SMILES string of the molecule is O=C(COC(=O)Cc1csc(N2CCCC2=O)n1)Nc1ccc(C(F)(F)F)cc1. The highest BCUT2D eigenvalue weighted by molar-refractivity contribution is 7.14. The number of halogens is 3. The number of carbonyl (C=O) groups excluding carboxylic acids is 3. The molecule has 0 atom stereocenters. The van der Waals surface area contributed by atoms with Gasteiger partial charge >= 0.3 is 12.1 Å². The summed E-state index contributed by atoms with van der Waals surface area (Å²) in [7, 11) is 0. The maximum atomic E-state index is 12.5. The maximum absolute atomic E-state index is 12.5. The van der Waals surface area contributed by atoms with E-state index < -0.39 is 30.2 Å². The summed E-state index contributed by atoms with van der Waals surface area (Å²) < 4.78 is 42.4. The van der Waals surface area contributed by atoms with Gasteiger partial charge in [-0.1, -0.05) is 0 Å². The smallest absolute Gasteiger partial charge is 0.416 e. The molecule has 1 fully saturated rings. The van der Waals surface area contributed by atoms with Crippen LogP contribution in [0.15, 0.2) is 29.6 Å². The first-order valence-electron chi connectivity index (χ1n) is 8.60. The number of alkyl halides is 3. The van der Waals surface area contributed by atoms with E-state index in [-0.39, 0.29) is 18.0 Å². The third-order valence-corrected chi connectivity index (χ3v) is 4.94. The molecule has 0 aliphatic carbocycles. The molecule has 2 amide bonds. The fourth-order valence-corrected chi connectivity index (χ4v) is 3.50. The van der Waals surface area contributed by atoms with Crippen LogP contribution in [0.1, 0.15) is 24.1 Å². The number of ether oxygens (including phenoxy) is 1. The fraction of sp³-hybridized carbons (Fsp3) is 0.333. The molecule has 2 aromatic rings. The first kappa shape index (κ1) is 20.8. The topological polar surface area (TPSA) is 88.6 Å². The summed E-state index contributed by atoms with van der Waals surface area (Å²) in [5, 5.41) is 4.51. The van der Waals surface area contributed by atoms with Crippen LogP contribution < -0.4 is 10.2 Å². The van der Waals surface area contributed by atoms with Gasteiger partial charge in [-0.25, -0.2) is 4.98 Å². The van der Waals surface area contributed by atoms with Crippen LogP contribution in [-0.2, 0) is 31.7 Å². The Bertz CT molecular complexity index is 912. The Morgan fingerprint density at radius 1 is 1.24 bits per heavy atom. The number of rotatable bonds is 6. The largest absolute Gasteiger partial charge is 0.455 e. The number of amides is 2. The van der Waals surface area contributed by atoms with Crippen LogP contribution in [-0.4, -0.2) is 35.9 Å². The second-order valence-electron chi connectivity index (χ2n) is 6.23. The number of hydrogen-bond acceptors (Lipinski definition) is 6. The van der Waals surface area contributed by atoms with Crippen LogP contribution >= 0.6 is 11.3 Å². The maximum Gasteiger partial charge on any atom is 0.416 e. The third-order valence-electron chi connectivity index (χ3n) is 4.03. The van der Waals surface area contributed by atoms with Crippen molar-refractivity contribution in [3.05, 3.63) is 40.9 Å². The summed E-state index contributed by atoms with van der Waals surface area (Å²) >= 11 is 1.25. The number of esters is 1. The molecule has 7 nitrogen and oxygen atoms in total. The molecular formula is C18H16F3N3O4S. The van der Waals surface area contributed by atoms with Crippen molar-refractivity contribution in [2.24, 2.45) is 0 Å². The van der Waals surface area contributed by atoms with Gasteiger partial charge in [0.25, 0.3) is 5.91 Å². The Kier molecular flexibility index (Phi) is 6.16. The van der Waals surface area contributed by atoms with Crippen molar-refractivity contribution in [1.82, 2.24) is 4.98 Å². The average molecular weight is 427 g/mol. The van der Waals surface area contributed by atoms with Gasteiger partial charge in [-0.05, 0) is 30.7 Å². The molecule has 29 heavy (non-hydrogen) atoms. The van der Waals surface area contributed by atoms with E-state index >= 15 is 0 Å². The summed E-state index contributed by atoms with van der Waals surface area (Å²) in [4.78, 5) is 41.2. The lowest BCUT2D eigenvalue weighted by Crippen LogP contribution is -2.23. The summed E-state index contributed by atoms with van der Waals surface area (Å²) in [6, 6.07) is 3.90. The Balaban J connectivity index is 1.45. The highest BCUT2D eigenvalue weighted by Gasteiger charge is 2.30. The van der Waals surface area contributed by atoms with Crippen LogP contribution in [0.5, 0.6) is 0 Å². The van der Waals surface area contributed by atoms with E-state index in [2.05, 4.69) is 10.3 Å². The van der Waals surface area contributed by atoms with Crippen LogP contribution in [0.3, 0.4) is 0 Å². The molecule has 0 saturated carbocycles. The van der Waals surface area contributed by atoms with Gasteiger partial charge in [0.1, 0.15) is 0 Å². The van der Waals surface area contributed by atoms with Crippen LogP contribution in [0.2, 0.25) is 0 Å². The van der Waals surface area contributed by atoms with E-state index in [1.807, 2.05) is 0 Å². The Labute approximate surface area is 167 Å². The van der Waals surface area contributed by atoms with Crippen molar-refractivity contribution in [2.45, 2.75) is 25.4 Å². The van der Waals surface area contributed by atoms with Gasteiger partial charge in [-0.15, -0.1) is 11.3 Å². The quantitative estimate of drug-likeness (QED) is 0.716. The molecule has 1 aromatic heterocycles. The number of hydrogen-bond donors (Lipinski definition) is 1. The van der Waals surface area contributed by atoms with Gasteiger partial charge in [0.15, 0.2) is 11.7 Å². The van der Waals surface area contributed by atoms with Crippen LogP contribution in [0.4, 0.5) is 24.0 Å². The van der Waals surface area contributed by atoms with Crippen LogP contribution in [0, 0.1) is 0 Å². The molecule has 1 saturated heterocycles. The van der Waals surface area contributed by atoms with Gasteiger partial charge < -0.3 is 10.1 Å². The average Bonchev–Trinajstić information content (AvgIpc) is 3.28. The zero-order chi connectivity index (χ0) is 21.0. The minimum absolute atomic E-state index is 0.00610. The van der Waals surface area contributed by atoms with E-state index in [9.17, 15) is 27.6 Å². The number of nitrogens with one attached hydrogen (secondary N) is 1. The van der Waals surface area contributed by atoms with Crippen molar-refractivity contribution in [2.75, 3.05) is 23.4 Å². The first-order valence-corrected chi connectivity index (χ1v) is 9.48. The molecule has 1 aliphatic rings. The van der Waals surface area contributed by atoms with E-state index in [1.54, 1.807) is 10.3 Å². The lowest BCUT2D eigenvalue weighted by atomic mass is 10.2. The summed E-state index contributed by atoms with van der Waals surface area (Å²) in [6.07, 6.45) is -3.38. The molecule has 1 N–H and O–H groups in total. The minimum Gasteiger partial charge on any atom is -0.455 e. The molecule has 0 bridgehead atoms. The highest BCUT2D eigenvalue weighted by Crippen LogP contribution is 2.29. The van der Waals surface area contributed by atoms with Crippen molar-refractivity contribution in [3.8, 4) is 0 Å². The predicted molar refractivity (Wildman–Crippen MR) is 98.4 cm³/mol. The predicted octanol–water partition coefficient (Wildman–Crippen LogP) is 3.01. The number of anilines is 2. The van der Waals surface area contributed by atoms with E-state index in [0.717, 1.165) is 30.7 Å². The van der Waals surface area contributed by atoms with Crippen molar-refractivity contribution >= 4 is 39.9 Å². The van der Waals surface area contributed by atoms with E-state index in [4.69, 9.17) is 4.74 Å². The zero-order valence-corrected chi connectivity index (χ0v) is 15.8. The van der Waals surface area contributed by atoms with E-state index in [0.29, 0.717) is 23.8 Å². The second kappa shape index (κ2) is 8.60. The number of nitrogens with zero attached hydrogens (tertiary/aromatic N) is 2. The number of carbonyl (C=O) groups is 3. The van der Waals surface area contributed by atoms with Gasteiger partial charge in [0, 0.05) is 24.0 Å². The molecule has 0 unspecified atom stereocenters. The molecule has 3 rings (SSSR count). The molecule has 1 aromatic carbocycles. The standard InChI is InChI=1S/C18H16F3N3O4S/c19-18(20,21)11-3-5-12(6-4-11)22-14(25)9-28-16(27)8-13-10-29-17(23-13)24-7-1-2-15(24)26/h3-6,10H,1-2,7-9H2,(H,22,25). The summed E-state index contributed by atoms with van der Waals surface area (Å²) in [5.41, 5.74) is -0.253. The van der Waals surface area contributed by atoms with Crippen molar-refractivity contribution < 1.29 is 32.3 Å². The normalized spacial score (nSPS) is 14.2. The first-order chi connectivity index (χ1) is 13.7. The van der Waals surface area contributed by atoms with E-state index in [1.165, 1.54) is 11.3 Å². The van der Waals surface area contributed by atoms with Gasteiger partial charge in [-0.2, -0.15) is 13.2 Å². The van der Waals surface area contributed by atoms with Crippen molar-refractivity contribution in [1.29, 1.82) is 0 Å². The molecule has 0 radical (unpaired) electrons. The second-order valence-corrected chi connectivity index (χ2v) is 7.07. The molecule has 154 valence electrons. The Morgan fingerprint density at radius 3 is 2.59 bits per heavy atom. The van der Waals surface area contributed by atoms with Crippen LogP contribution in [0.25, 0.3) is 0 Å². The summed E-state index contributed by atoms with van der Waals surface area (Å²) in [6.45, 7) is 0.0157. The van der Waals surface area contributed by atoms with Gasteiger partial charge in [-0.3, -0.25) is 19.3 Å². The number of thiazole rings is 1. The monoisotopic (exact) mass is 427 g/mol. The Morgan fingerprint density at radius 2 is 1.97 bits per heavy atom.